The molecule has 78 valence electrons. The predicted molar refractivity (Wildman–Crippen MR) is 58.7 cm³/mol. The maximum absolute atomic E-state index is 11.6. The number of nitrogens with zero attached hydrogens (tertiary/aromatic N) is 1. The Balaban J connectivity index is 2.23. The van der Waals surface area contributed by atoms with Crippen molar-refractivity contribution in [2.75, 3.05) is 6.54 Å². The second-order valence-corrected chi connectivity index (χ2v) is 3.39. The van der Waals surface area contributed by atoms with Crippen LogP contribution in [0.1, 0.15) is 23.8 Å². The lowest BCUT2D eigenvalue weighted by molar-refractivity contribution is 0.0949. The zero-order chi connectivity index (χ0) is 10.7. The van der Waals surface area contributed by atoms with Crippen LogP contribution in [0.25, 0.3) is 10.9 Å². The summed E-state index contributed by atoms with van der Waals surface area (Å²) in [6, 6.07) is 3.71. The molecule has 2 aromatic heterocycles. The van der Waals surface area contributed by atoms with E-state index in [0.717, 1.165) is 17.3 Å². The van der Waals surface area contributed by atoms with E-state index in [2.05, 4.69) is 15.3 Å². The van der Waals surface area contributed by atoms with Crippen molar-refractivity contribution < 1.29 is 4.79 Å². The second kappa shape index (κ2) is 4.13. The van der Waals surface area contributed by atoms with Crippen LogP contribution in [0.15, 0.2) is 24.5 Å². The Hall–Kier alpha value is -1.84. The monoisotopic (exact) mass is 203 g/mol. The summed E-state index contributed by atoms with van der Waals surface area (Å²) in [5.74, 6) is -0.111. The third-order valence-electron chi connectivity index (χ3n) is 2.21. The summed E-state index contributed by atoms with van der Waals surface area (Å²) in [5, 5.41) is 3.80. The predicted octanol–water partition coefficient (Wildman–Crippen LogP) is 1.70. The van der Waals surface area contributed by atoms with E-state index in [1.165, 1.54) is 0 Å². The highest BCUT2D eigenvalue weighted by atomic mass is 16.1. The molecule has 1 amide bonds. The topological polar surface area (TPSA) is 57.8 Å². The van der Waals surface area contributed by atoms with E-state index in [4.69, 9.17) is 0 Å². The van der Waals surface area contributed by atoms with Gasteiger partial charge in [0, 0.05) is 18.1 Å². The van der Waals surface area contributed by atoms with E-state index >= 15 is 0 Å². The SMILES string of the molecule is CCCNC(=O)c1cc2cc[nH]c2cn1. The number of carbonyl (C=O) groups is 1. The maximum atomic E-state index is 11.6. The van der Waals surface area contributed by atoms with Crippen molar-refractivity contribution in [2.24, 2.45) is 0 Å². The van der Waals surface area contributed by atoms with Gasteiger partial charge < -0.3 is 10.3 Å². The standard InChI is InChI=1S/C11H13N3O/c1-2-4-13-11(15)9-6-8-3-5-12-10(8)7-14-9/h3,5-7,12H,2,4H2,1H3,(H,13,15). The molecule has 0 fully saturated rings. The number of pyridine rings is 1. The molecule has 15 heavy (non-hydrogen) atoms. The van der Waals surface area contributed by atoms with Crippen molar-refractivity contribution in [3.05, 3.63) is 30.2 Å². The highest BCUT2D eigenvalue weighted by Crippen LogP contribution is 2.11. The number of rotatable bonds is 3. The molecule has 0 atom stereocenters. The maximum Gasteiger partial charge on any atom is 0.269 e. The molecule has 2 heterocycles. The fourth-order valence-electron chi connectivity index (χ4n) is 1.40. The van der Waals surface area contributed by atoms with Crippen LogP contribution in [-0.2, 0) is 0 Å². The molecule has 0 aliphatic heterocycles. The third-order valence-corrected chi connectivity index (χ3v) is 2.21. The minimum Gasteiger partial charge on any atom is -0.360 e. The van der Waals surface area contributed by atoms with Gasteiger partial charge >= 0.3 is 0 Å². The van der Waals surface area contributed by atoms with E-state index in [-0.39, 0.29) is 5.91 Å². The summed E-state index contributed by atoms with van der Waals surface area (Å²) in [6.07, 6.45) is 4.44. The van der Waals surface area contributed by atoms with Crippen LogP contribution < -0.4 is 5.32 Å². The number of aromatic nitrogens is 2. The summed E-state index contributed by atoms with van der Waals surface area (Å²) >= 11 is 0. The van der Waals surface area contributed by atoms with E-state index < -0.39 is 0 Å². The lowest BCUT2D eigenvalue weighted by Crippen LogP contribution is -2.24. The molecule has 2 rings (SSSR count). The lowest BCUT2D eigenvalue weighted by atomic mass is 10.2. The number of H-pyrrole nitrogens is 1. The third kappa shape index (κ3) is 1.98. The molecule has 4 heteroatoms. The van der Waals surface area contributed by atoms with Gasteiger partial charge in [-0.1, -0.05) is 6.92 Å². The second-order valence-electron chi connectivity index (χ2n) is 3.39. The molecule has 0 unspecified atom stereocenters. The first-order chi connectivity index (χ1) is 7.31. The van der Waals surface area contributed by atoms with Gasteiger partial charge in [-0.3, -0.25) is 4.79 Å². The number of carbonyl (C=O) groups excluding carboxylic acids is 1. The van der Waals surface area contributed by atoms with Crippen LogP contribution in [0.5, 0.6) is 0 Å². The van der Waals surface area contributed by atoms with Gasteiger partial charge in [-0.15, -0.1) is 0 Å². The van der Waals surface area contributed by atoms with Gasteiger partial charge in [-0.25, -0.2) is 4.98 Å². The van der Waals surface area contributed by atoms with Crippen LogP contribution in [0, 0.1) is 0 Å². The average Bonchev–Trinajstić information content (AvgIpc) is 2.72. The average molecular weight is 203 g/mol. The van der Waals surface area contributed by atoms with E-state index in [1.54, 1.807) is 12.3 Å². The highest BCUT2D eigenvalue weighted by Gasteiger charge is 2.06. The van der Waals surface area contributed by atoms with Crippen molar-refractivity contribution in [2.45, 2.75) is 13.3 Å². The fourth-order valence-corrected chi connectivity index (χ4v) is 1.40. The molecule has 2 aromatic rings. The molecular weight excluding hydrogens is 190 g/mol. The largest absolute Gasteiger partial charge is 0.360 e. The first-order valence-electron chi connectivity index (χ1n) is 5.02. The Labute approximate surface area is 87.7 Å². The van der Waals surface area contributed by atoms with Crippen molar-refractivity contribution in [1.82, 2.24) is 15.3 Å². The lowest BCUT2D eigenvalue weighted by Gasteiger charge is -2.02. The van der Waals surface area contributed by atoms with Crippen LogP contribution in [0.4, 0.5) is 0 Å². The molecule has 0 spiro atoms. The minimum absolute atomic E-state index is 0.111. The Morgan fingerprint density at radius 1 is 1.60 bits per heavy atom. The Morgan fingerprint density at radius 2 is 2.47 bits per heavy atom. The Kier molecular flexibility index (Phi) is 2.67. The van der Waals surface area contributed by atoms with E-state index in [9.17, 15) is 4.79 Å². The number of fused-ring (bicyclic) bond motifs is 1. The molecule has 0 bridgehead atoms. The fraction of sp³-hybridized carbons (Fsp3) is 0.273. The van der Waals surface area contributed by atoms with E-state index in [0.29, 0.717) is 12.2 Å². The molecule has 0 aliphatic carbocycles. The summed E-state index contributed by atoms with van der Waals surface area (Å²) in [5.41, 5.74) is 1.41. The number of hydrogen-bond acceptors (Lipinski definition) is 2. The smallest absolute Gasteiger partial charge is 0.269 e. The highest BCUT2D eigenvalue weighted by molar-refractivity contribution is 5.95. The van der Waals surface area contributed by atoms with E-state index in [1.807, 2.05) is 19.2 Å². The summed E-state index contributed by atoms with van der Waals surface area (Å²) < 4.78 is 0. The first-order valence-corrected chi connectivity index (χ1v) is 5.02. The van der Waals surface area contributed by atoms with Gasteiger partial charge in [0.25, 0.3) is 5.91 Å². The van der Waals surface area contributed by atoms with Crippen LogP contribution in [0.3, 0.4) is 0 Å². The Morgan fingerprint density at radius 3 is 3.27 bits per heavy atom. The van der Waals surface area contributed by atoms with Crippen molar-refractivity contribution in [3.8, 4) is 0 Å². The van der Waals surface area contributed by atoms with Gasteiger partial charge in [0.15, 0.2) is 0 Å². The molecular formula is C11H13N3O. The summed E-state index contributed by atoms with van der Waals surface area (Å²) in [7, 11) is 0. The molecule has 0 saturated heterocycles. The molecule has 2 N–H and O–H groups in total. The zero-order valence-corrected chi connectivity index (χ0v) is 8.58. The van der Waals surface area contributed by atoms with Crippen LogP contribution >= 0.6 is 0 Å². The van der Waals surface area contributed by atoms with Crippen molar-refractivity contribution in [3.63, 3.8) is 0 Å². The normalized spacial score (nSPS) is 10.5. The first kappa shape index (κ1) is 9.71. The summed E-state index contributed by atoms with van der Waals surface area (Å²) in [4.78, 5) is 18.7. The number of aromatic amines is 1. The summed E-state index contributed by atoms with van der Waals surface area (Å²) in [6.45, 7) is 2.70. The van der Waals surface area contributed by atoms with Gasteiger partial charge in [-0.05, 0) is 18.6 Å². The molecule has 0 aromatic carbocycles. The van der Waals surface area contributed by atoms with Crippen molar-refractivity contribution in [1.29, 1.82) is 0 Å². The van der Waals surface area contributed by atoms with Crippen molar-refractivity contribution >= 4 is 16.8 Å². The number of nitrogens with one attached hydrogen (secondary N) is 2. The number of hydrogen-bond donors (Lipinski definition) is 2. The van der Waals surface area contributed by atoms with Gasteiger partial charge in [0.05, 0.1) is 11.7 Å². The molecule has 0 radical (unpaired) electrons. The van der Waals surface area contributed by atoms with Gasteiger partial charge in [0.2, 0.25) is 0 Å². The molecule has 0 saturated carbocycles. The van der Waals surface area contributed by atoms with Gasteiger partial charge in [-0.2, -0.15) is 0 Å². The number of amides is 1. The molecule has 0 aliphatic rings. The minimum atomic E-state index is -0.111. The van der Waals surface area contributed by atoms with Crippen LogP contribution in [-0.4, -0.2) is 22.4 Å². The van der Waals surface area contributed by atoms with Crippen LogP contribution in [0.2, 0.25) is 0 Å². The molecule has 4 nitrogen and oxygen atoms in total. The Bertz CT molecular complexity index is 475. The quantitative estimate of drug-likeness (QED) is 0.797. The van der Waals surface area contributed by atoms with Gasteiger partial charge in [0.1, 0.15) is 5.69 Å². The zero-order valence-electron chi connectivity index (χ0n) is 8.58.